The van der Waals surface area contributed by atoms with Crippen molar-refractivity contribution < 1.29 is 4.42 Å². The molecular formula is C60H39NO. The lowest BCUT2D eigenvalue weighted by atomic mass is 9.96. The summed E-state index contributed by atoms with van der Waals surface area (Å²) in [4.78, 5) is 2.39. The lowest BCUT2D eigenvalue weighted by molar-refractivity contribution is 0.674. The molecule has 0 atom stereocenters. The standard InChI is InChI=1S/C60H39NO/c1-2-15-46-38-48(31-28-40(46)12-1)47-17-9-18-50(39-47)61(49-35-32-42(33-36-49)41-26-29-45(30-27-41)52-22-10-16-43-13-3-5-19-51(43)52)58-25-8-7-21-54(58)55-23-11-24-56-57-37-34-44-14-4-6-20-53(44)59(57)62-60(55)56/h1-39H. The molecule has 0 N–H and O–H groups in total. The van der Waals surface area contributed by atoms with E-state index in [2.05, 4.69) is 241 Å². The molecule has 12 aromatic rings. The number of hydrogen-bond donors (Lipinski definition) is 0. The van der Waals surface area contributed by atoms with Crippen molar-refractivity contribution in [3.05, 3.63) is 237 Å². The van der Waals surface area contributed by atoms with Crippen LogP contribution in [0.15, 0.2) is 241 Å². The average molecular weight is 790 g/mol. The molecule has 0 bridgehead atoms. The van der Waals surface area contributed by atoms with Crippen LogP contribution in [0.5, 0.6) is 0 Å². The molecule has 0 aliphatic carbocycles. The maximum Gasteiger partial charge on any atom is 0.143 e. The van der Waals surface area contributed by atoms with Gasteiger partial charge in [-0.2, -0.15) is 0 Å². The van der Waals surface area contributed by atoms with Crippen LogP contribution < -0.4 is 4.90 Å². The van der Waals surface area contributed by atoms with E-state index in [9.17, 15) is 0 Å². The van der Waals surface area contributed by atoms with E-state index in [1.165, 1.54) is 49.2 Å². The lowest BCUT2D eigenvalue weighted by Gasteiger charge is -2.28. The third-order valence-corrected chi connectivity index (χ3v) is 12.5. The fourth-order valence-electron chi connectivity index (χ4n) is 9.38. The summed E-state index contributed by atoms with van der Waals surface area (Å²) >= 11 is 0. The molecule has 0 aliphatic heterocycles. The molecule has 0 saturated carbocycles. The maximum atomic E-state index is 6.91. The first-order valence-electron chi connectivity index (χ1n) is 21.2. The van der Waals surface area contributed by atoms with Crippen LogP contribution in [0.3, 0.4) is 0 Å². The van der Waals surface area contributed by atoms with Gasteiger partial charge in [-0.1, -0.05) is 194 Å². The lowest BCUT2D eigenvalue weighted by Crippen LogP contribution is -2.11. The molecule has 2 heteroatoms. The van der Waals surface area contributed by atoms with Crippen LogP contribution in [0, 0.1) is 0 Å². The number of rotatable bonds is 7. The van der Waals surface area contributed by atoms with E-state index < -0.39 is 0 Å². The van der Waals surface area contributed by atoms with Gasteiger partial charge in [0, 0.05) is 38.7 Å². The van der Waals surface area contributed by atoms with Crippen LogP contribution in [0.2, 0.25) is 0 Å². The molecule has 1 aromatic heterocycles. The number of hydrogen-bond acceptors (Lipinski definition) is 2. The highest BCUT2D eigenvalue weighted by molar-refractivity contribution is 6.17. The first-order chi connectivity index (χ1) is 30.7. The normalized spacial score (nSPS) is 11.5. The topological polar surface area (TPSA) is 16.4 Å². The quantitative estimate of drug-likeness (QED) is 0.160. The zero-order valence-electron chi connectivity index (χ0n) is 33.9. The molecular weight excluding hydrogens is 751 g/mol. The van der Waals surface area contributed by atoms with E-state index in [0.29, 0.717) is 0 Å². The van der Waals surface area contributed by atoms with Crippen LogP contribution in [0.4, 0.5) is 17.1 Å². The Morgan fingerprint density at radius 3 is 1.63 bits per heavy atom. The predicted octanol–water partition coefficient (Wildman–Crippen LogP) is 17.2. The highest BCUT2D eigenvalue weighted by Crippen LogP contribution is 2.46. The van der Waals surface area contributed by atoms with Crippen LogP contribution in [-0.4, -0.2) is 0 Å². The fraction of sp³-hybridized carbons (Fsp3) is 0. The van der Waals surface area contributed by atoms with Crippen LogP contribution in [-0.2, 0) is 0 Å². The van der Waals surface area contributed by atoms with E-state index in [4.69, 9.17) is 4.42 Å². The van der Waals surface area contributed by atoms with Crippen molar-refractivity contribution in [1.29, 1.82) is 0 Å². The van der Waals surface area contributed by atoms with E-state index in [1.807, 2.05) is 0 Å². The Balaban J connectivity index is 0.989. The number of fused-ring (bicyclic) bond motifs is 7. The molecule has 0 aliphatic rings. The van der Waals surface area contributed by atoms with E-state index in [0.717, 1.165) is 66.6 Å². The van der Waals surface area contributed by atoms with Crippen molar-refractivity contribution in [3.8, 4) is 44.5 Å². The average Bonchev–Trinajstić information content (AvgIpc) is 3.74. The summed E-state index contributed by atoms with van der Waals surface area (Å²) in [7, 11) is 0. The number of para-hydroxylation sites is 2. The molecule has 62 heavy (non-hydrogen) atoms. The zero-order chi connectivity index (χ0) is 41.0. The molecule has 12 rings (SSSR count). The summed E-state index contributed by atoms with van der Waals surface area (Å²) in [5.74, 6) is 0. The third-order valence-electron chi connectivity index (χ3n) is 12.5. The van der Waals surface area contributed by atoms with Crippen molar-refractivity contribution in [2.75, 3.05) is 4.90 Å². The Kier molecular flexibility index (Phi) is 8.53. The van der Waals surface area contributed by atoms with Crippen LogP contribution >= 0.6 is 0 Å². The smallest absolute Gasteiger partial charge is 0.143 e. The SMILES string of the molecule is c1cc(-c2ccc3ccccc3c2)cc(N(c2ccc(-c3ccc(-c4cccc5ccccc45)cc3)cc2)c2ccccc2-c2cccc3c2oc2c4ccccc4ccc32)c1. The maximum absolute atomic E-state index is 6.91. The molecule has 0 saturated heterocycles. The zero-order valence-corrected chi connectivity index (χ0v) is 33.9. The second-order valence-corrected chi connectivity index (χ2v) is 16.1. The Bertz CT molecular complexity index is 3630. The summed E-state index contributed by atoms with van der Waals surface area (Å²) in [6, 6.07) is 85.4. The van der Waals surface area contributed by atoms with Crippen molar-refractivity contribution in [3.63, 3.8) is 0 Å². The van der Waals surface area contributed by atoms with Gasteiger partial charge >= 0.3 is 0 Å². The summed E-state index contributed by atoms with van der Waals surface area (Å²) < 4.78 is 6.91. The molecule has 2 nitrogen and oxygen atoms in total. The molecule has 0 radical (unpaired) electrons. The minimum atomic E-state index is 0.887. The predicted molar refractivity (Wildman–Crippen MR) is 263 cm³/mol. The van der Waals surface area contributed by atoms with Crippen LogP contribution in [0.25, 0.3) is 98.8 Å². The van der Waals surface area contributed by atoms with Crippen LogP contribution in [0.1, 0.15) is 0 Å². The fourth-order valence-corrected chi connectivity index (χ4v) is 9.38. The van der Waals surface area contributed by atoms with E-state index in [-0.39, 0.29) is 0 Å². The second-order valence-electron chi connectivity index (χ2n) is 16.1. The van der Waals surface area contributed by atoms with Gasteiger partial charge in [-0.3, -0.25) is 0 Å². The number of anilines is 3. The first-order valence-corrected chi connectivity index (χ1v) is 21.2. The Labute approximate surface area is 360 Å². The Morgan fingerprint density at radius 2 is 0.790 bits per heavy atom. The first kappa shape index (κ1) is 35.7. The molecule has 0 spiro atoms. The number of benzene rings is 11. The van der Waals surface area contributed by atoms with Crippen molar-refractivity contribution in [1.82, 2.24) is 0 Å². The summed E-state index contributed by atoms with van der Waals surface area (Å²) in [5, 5.41) is 9.50. The number of nitrogens with zero attached hydrogens (tertiary/aromatic N) is 1. The van der Waals surface area contributed by atoms with Gasteiger partial charge in [0.15, 0.2) is 0 Å². The summed E-state index contributed by atoms with van der Waals surface area (Å²) in [6.45, 7) is 0. The molecule has 11 aromatic carbocycles. The van der Waals surface area contributed by atoms with Gasteiger partial charge in [0.25, 0.3) is 0 Å². The van der Waals surface area contributed by atoms with Crippen molar-refractivity contribution >= 4 is 71.3 Å². The summed E-state index contributed by atoms with van der Waals surface area (Å²) in [5.41, 5.74) is 14.3. The van der Waals surface area contributed by atoms with Crippen molar-refractivity contribution in [2.24, 2.45) is 0 Å². The minimum Gasteiger partial charge on any atom is -0.455 e. The highest BCUT2D eigenvalue weighted by Gasteiger charge is 2.21. The van der Waals surface area contributed by atoms with Gasteiger partial charge in [0.1, 0.15) is 11.2 Å². The molecule has 290 valence electrons. The third kappa shape index (κ3) is 6.12. The van der Waals surface area contributed by atoms with Gasteiger partial charge in [-0.15, -0.1) is 0 Å². The monoisotopic (exact) mass is 789 g/mol. The number of furan rings is 1. The Hall–Kier alpha value is -8.20. The molecule has 1 heterocycles. The highest BCUT2D eigenvalue weighted by atomic mass is 16.3. The largest absolute Gasteiger partial charge is 0.455 e. The van der Waals surface area contributed by atoms with Gasteiger partial charge in [0.2, 0.25) is 0 Å². The molecule has 0 fully saturated rings. The molecule has 0 unspecified atom stereocenters. The summed E-state index contributed by atoms with van der Waals surface area (Å²) in [6.07, 6.45) is 0. The van der Waals surface area contributed by atoms with E-state index in [1.54, 1.807) is 0 Å². The van der Waals surface area contributed by atoms with Gasteiger partial charge in [-0.25, -0.2) is 0 Å². The van der Waals surface area contributed by atoms with Crippen molar-refractivity contribution in [2.45, 2.75) is 0 Å². The van der Waals surface area contributed by atoms with E-state index >= 15 is 0 Å². The molecule has 0 amide bonds. The Morgan fingerprint density at radius 1 is 0.258 bits per heavy atom. The van der Waals surface area contributed by atoms with Gasteiger partial charge in [0.05, 0.1) is 5.69 Å². The van der Waals surface area contributed by atoms with Gasteiger partial charge < -0.3 is 9.32 Å². The minimum absolute atomic E-state index is 0.887. The second kappa shape index (κ2) is 14.8. The van der Waals surface area contributed by atoms with Gasteiger partial charge in [-0.05, 0) is 103 Å².